The molecule has 0 spiro atoms. The van der Waals surface area contributed by atoms with Gasteiger partial charge in [0.25, 0.3) is 0 Å². The molecule has 0 saturated heterocycles. The Labute approximate surface area is 132 Å². The molecule has 1 heteroatoms. The molecule has 0 N–H and O–H groups in total. The van der Waals surface area contributed by atoms with Gasteiger partial charge in [0, 0.05) is 13.2 Å². The fourth-order valence-corrected chi connectivity index (χ4v) is 2.68. The third kappa shape index (κ3) is 11.5. The summed E-state index contributed by atoms with van der Waals surface area (Å²) in [5.41, 5.74) is 1.46. The number of aryl methyl sites for hydroxylation is 1. The zero-order valence-electron chi connectivity index (χ0n) is 13.9. The van der Waals surface area contributed by atoms with Gasteiger partial charge in [0.15, 0.2) is 0 Å². The van der Waals surface area contributed by atoms with Crippen LogP contribution in [-0.2, 0) is 11.2 Å². The molecular weight excluding hydrogens is 256 g/mol. The van der Waals surface area contributed by atoms with E-state index in [1.807, 2.05) is 12.1 Å². The highest BCUT2D eigenvalue weighted by molar-refractivity contribution is 5.13. The van der Waals surface area contributed by atoms with E-state index in [1.54, 1.807) is 0 Å². The first-order chi connectivity index (χ1) is 10.4. The highest BCUT2D eigenvalue weighted by Gasteiger charge is 1.95. The summed E-state index contributed by atoms with van der Waals surface area (Å²) in [5, 5.41) is 0. The van der Waals surface area contributed by atoms with E-state index < -0.39 is 0 Å². The van der Waals surface area contributed by atoms with Gasteiger partial charge in [-0.1, -0.05) is 75.6 Å². The van der Waals surface area contributed by atoms with Gasteiger partial charge < -0.3 is 4.74 Å². The van der Waals surface area contributed by atoms with Gasteiger partial charge in [0.1, 0.15) is 0 Å². The predicted octanol–water partition coefficient (Wildman–Crippen LogP) is 5.97. The SMILES string of the molecule is CCOCCCCCCCCCCCCc1cc[c]cc1. The van der Waals surface area contributed by atoms with Gasteiger partial charge in [-0.25, -0.2) is 0 Å². The average molecular weight is 289 g/mol. The summed E-state index contributed by atoms with van der Waals surface area (Å²) in [6, 6.07) is 11.5. The van der Waals surface area contributed by atoms with Gasteiger partial charge >= 0.3 is 0 Å². The summed E-state index contributed by atoms with van der Waals surface area (Å²) in [5.74, 6) is 0. The Morgan fingerprint density at radius 3 is 1.86 bits per heavy atom. The number of hydrogen-bond acceptors (Lipinski definition) is 1. The Morgan fingerprint density at radius 1 is 0.762 bits per heavy atom. The maximum atomic E-state index is 5.35. The zero-order chi connectivity index (χ0) is 15.0. The minimum Gasteiger partial charge on any atom is -0.382 e. The van der Waals surface area contributed by atoms with Crippen molar-refractivity contribution in [3.8, 4) is 0 Å². The van der Waals surface area contributed by atoms with E-state index in [0.29, 0.717) is 0 Å². The molecule has 1 nitrogen and oxygen atoms in total. The van der Waals surface area contributed by atoms with Crippen LogP contribution in [0.15, 0.2) is 24.3 Å². The number of benzene rings is 1. The van der Waals surface area contributed by atoms with Crippen LogP contribution in [0.25, 0.3) is 0 Å². The predicted molar refractivity (Wildman–Crippen MR) is 91.6 cm³/mol. The van der Waals surface area contributed by atoms with Crippen LogP contribution >= 0.6 is 0 Å². The Balaban J connectivity index is 1.75. The lowest BCUT2D eigenvalue weighted by Crippen LogP contribution is -1.92. The first kappa shape index (κ1) is 18.2. The van der Waals surface area contributed by atoms with Crippen LogP contribution in [0.1, 0.15) is 76.7 Å². The van der Waals surface area contributed by atoms with Crippen molar-refractivity contribution in [1.29, 1.82) is 0 Å². The van der Waals surface area contributed by atoms with Gasteiger partial charge in [0.2, 0.25) is 0 Å². The lowest BCUT2D eigenvalue weighted by molar-refractivity contribution is 0.143. The Bertz CT molecular complexity index is 307. The molecule has 21 heavy (non-hydrogen) atoms. The molecule has 0 unspecified atom stereocenters. The molecule has 0 saturated carbocycles. The van der Waals surface area contributed by atoms with Crippen molar-refractivity contribution in [2.24, 2.45) is 0 Å². The smallest absolute Gasteiger partial charge is 0.0465 e. The minimum absolute atomic E-state index is 0.864. The molecule has 1 rings (SSSR count). The largest absolute Gasteiger partial charge is 0.382 e. The van der Waals surface area contributed by atoms with Gasteiger partial charge in [-0.2, -0.15) is 0 Å². The van der Waals surface area contributed by atoms with E-state index >= 15 is 0 Å². The summed E-state index contributed by atoms with van der Waals surface area (Å²) in [4.78, 5) is 0. The molecule has 0 atom stereocenters. The van der Waals surface area contributed by atoms with Crippen molar-refractivity contribution in [3.63, 3.8) is 0 Å². The van der Waals surface area contributed by atoms with Crippen molar-refractivity contribution in [2.45, 2.75) is 77.6 Å². The topological polar surface area (TPSA) is 9.23 Å². The van der Waals surface area contributed by atoms with Gasteiger partial charge in [0.05, 0.1) is 0 Å². The molecular formula is C20H33O. The van der Waals surface area contributed by atoms with Crippen molar-refractivity contribution in [2.75, 3.05) is 13.2 Å². The molecule has 0 aromatic heterocycles. The molecule has 1 aromatic carbocycles. The summed E-state index contributed by atoms with van der Waals surface area (Å²) < 4.78 is 5.35. The van der Waals surface area contributed by atoms with Crippen LogP contribution in [0.2, 0.25) is 0 Å². The molecule has 1 radical (unpaired) electrons. The average Bonchev–Trinajstić information content (AvgIpc) is 2.53. The first-order valence-electron chi connectivity index (χ1n) is 8.96. The molecule has 0 aliphatic carbocycles. The van der Waals surface area contributed by atoms with Gasteiger partial charge in [-0.3, -0.25) is 0 Å². The lowest BCUT2D eigenvalue weighted by Gasteiger charge is -2.03. The summed E-state index contributed by atoms with van der Waals surface area (Å²) in [6.45, 7) is 3.89. The maximum Gasteiger partial charge on any atom is 0.0465 e. The molecule has 0 amide bonds. The van der Waals surface area contributed by atoms with Crippen molar-refractivity contribution in [3.05, 3.63) is 35.9 Å². The molecule has 1 aromatic rings. The van der Waals surface area contributed by atoms with Crippen LogP contribution in [0.3, 0.4) is 0 Å². The summed E-state index contributed by atoms with van der Waals surface area (Å²) in [6.07, 6.45) is 15.0. The quantitative estimate of drug-likeness (QED) is 0.383. The second kappa shape index (κ2) is 14.1. The van der Waals surface area contributed by atoms with E-state index in [0.717, 1.165) is 13.2 Å². The number of unbranched alkanes of at least 4 members (excludes halogenated alkanes) is 9. The number of rotatable bonds is 14. The van der Waals surface area contributed by atoms with Crippen molar-refractivity contribution in [1.82, 2.24) is 0 Å². The number of hydrogen-bond donors (Lipinski definition) is 0. The fourth-order valence-electron chi connectivity index (χ4n) is 2.68. The van der Waals surface area contributed by atoms with Gasteiger partial charge in [-0.05, 0) is 37.8 Å². The summed E-state index contributed by atoms with van der Waals surface area (Å²) >= 11 is 0. The third-order valence-corrected chi connectivity index (χ3v) is 4.00. The molecule has 119 valence electrons. The highest BCUT2D eigenvalue weighted by atomic mass is 16.5. The fraction of sp³-hybridized carbons (Fsp3) is 0.700. The third-order valence-electron chi connectivity index (χ3n) is 4.00. The van der Waals surface area contributed by atoms with Gasteiger partial charge in [-0.15, -0.1) is 0 Å². The molecule has 0 heterocycles. The van der Waals surface area contributed by atoms with Crippen LogP contribution in [0.4, 0.5) is 0 Å². The monoisotopic (exact) mass is 289 g/mol. The Kier molecular flexibility index (Phi) is 12.3. The lowest BCUT2D eigenvalue weighted by atomic mass is 10.0. The van der Waals surface area contributed by atoms with E-state index in [9.17, 15) is 0 Å². The normalized spacial score (nSPS) is 10.9. The Morgan fingerprint density at radius 2 is 1.29 bits per heavy atom. The Hall–Kier alpha value is -0.820. The van der Waals surface area contributed by atoms with Crippen LogP contribution in [0, 0.1) is 6.07 Å². The highest BCUT2D eigenvalue weighted by Crippen LogP contribution is 2.12. The summed E-state index contributed by atoms with van der Waals surface area (Å²) in [7, 11) is 0. The van der Waals surface area contributed by atoms with E-state index in [-0.39, 0.29) is 0 Å². The first-order valence-corrected chi connectivity index (χ1v) is 8.96. The van der Waals surface area contributed by atoms with Crippen LogP contribution in [0.5, 0.6) is 0 Å². The second-order valence-electron chi connectivity index (χ2n) is 5.89. The van der Waals surface area contributed by atoms with E-state index in [4.69, 9.17) is 4.74 Å². The van der Waals surface area contributed by atoms with E-state index in [2.05, 4.69) is 25.1 Å². The van der Waals surface area contributed by atoms with E-state index in [1.165, 1.54) is 76.2 Å². The zero-order valence-corrected chi connectivity index (χ0v) is 13.9. The van der Waals surface area contributed by atoms with Crippen LogP contribution < -0.4 is 0 Å². The molecule has 0 aliphatic heterocycles. The van der Waals surface area contributed by atoms with Crippen molar-refractivity contribution >= 4 is 0 Å². The standard InChI is InChI=1S/C20H33O/c1-2-21-19-15-10-8-6-4-3-5-7-9-12-16-20-17-13-11-14-18-20/h13-14,17-18H,2-10,12,15-16,19H2,1H3. The van der Waals surface area contributed by atoms with Crippen molar-refractivity contribution < 1.29 is 4.74 Å². The van der Waals surface area contributed by atoms with Crippen LogP contribution in [-0.4, -0.2) is 13.2 Å². The number of ether oxygens (including phenoxy) is 1. The molecule has 0 aliphatic rings. The molecule has 0 fully saturated rings. The second-order valence-corrected chi connectivity index (χ2v) is 5.89. The minimum atomic E-state index is 0.864. The molecule has 0 bridgehead atoms. The maximum absolute atomic E-state index is 5.35.